The van der Waals surface area contributed by atoms with Crippen LogP contribution in [0.2, 0.25) is 0 Å². The van der Waals surface area contributed by atoms with Crippen LogP contribution in [-0.2, 0) is 46.3 Å². The molecule has 0 radical (unpaired) electrons. The van der Waals surface area contributed by atoms with Crippen LogP contribution in [0.15, 0.2) is 72.9 Å². The molecule has 0 rings (SSSR count). The van der Waals surface area contributed by atoms with E-state index in [1.165, 1.54) is 96.3 Å². The van der Waals surface area contributed by atoms with Gasteiger partial charge in [-0.2, -0.15) is 0 Å². The lowest BCUT2D eigenvalue weighted by Crippen LogP contribution is -2.25. The van der Waals surface area contributed by atoms with Crippen LogP contribution in [-0.4, -0.2) is 95.0 Å². The molecule has 0 saturated heterocycles. The SMILES string of the molecule is CC/C=C\C/C=C\C/C=C\C/C=C\C/C=C\CCCCCCCC(=O)OCC(O)COP(=O)(O)OCC(O)COP(=O)(O)OCC(O)COC(=O)CCCCCCCCCCCCC/C=C/CCCCCCCC. The average Bonchev–Trinajstić information content (AvgIpc) is 3.38. The second-order valence-electron chi connectivity index (χ2n) is 18.9. The summed E-state index contributed by atoms with van der Waals surface area (Å²) in [5.74, 6) is -1.01. The number of ether oxygens (including phenoxy) is 2. The first-order chi connectivity index (χ1) is 35.8. The average molecular weight is 1090 g/mol. The second kappa shape index (κ2) is 52.5. The number of aliphatic hydroxyl groups excluding tert-OH is 3. The van der Waals surface area contributed by atoms with Crippen molar-refractivity contribution in [2.45, 2.75) is 238 Å². The van der Waals surface area contributed by atoms with Crippen LogP contribution in [0, 0.1) is 0 Å². The first-order valence-electron chi connectivity index (χ1n) is 28.3. The van der Waals surface area contributed by atoms with E-state index in [0.29, 0.717) is 12.8 Å². The fraction of sp³-hybridized carbons (Fsp3) is 0.754. The third-order valence-electron chi connectivity index (χ3n) is 11.6. The number of carbonyl (C=O) groups is 2. The van der Waals surface area contributed by atoms with Crippen LogP contribution < -0.4 is 0 Å². The molecule has 0 aromatic heterocycles. The summed E-state index contributed by atoms with van der Waals surface area (Å²) >= 11 is 0. The van der Waals surface area contributed by atoms with Crippen LogP contribution in [0.4, 0.5) is 0 Å². The molecular weight excluding hydrogens is 987 g/mol. The van der Waals surface area contributed by atoms with E-state index in [4.69, 9.17) is 18.5 Å². The monoisotopic (exact) mass is 1090 g/mol. The zero-order valence-electron chi connectivity index (χ0n) is 45.7. The number of phosphoric acid groups is 2. The van der Waals surface area contributed by atoms with E-state index in [-0.39, 0.29) is 12.8 Å². The number of hydrogen-bond donors (Lipinski definition) is 5. The molecule has 0 aromatic rings. The Bertz CT molecular complexity index is 1600. The molecule has 5 unspecified atom stereocenters. The van der Waals surface area contributed by atoms with Crippen LogP contribution in [0.5, 0.6) is 0 Å². The Morgan fingerprint density at radius 1 is 0.365 bits per heavy atom. The number of unbranched alkanes of at least 4 members (excludes halogenated alkanes) is 22. The third kappa shape index (κ3) is 54.3. The number of aliphatic hydroxyl groups is 3. The highest BCUT2D eigenvalue weighted by Crippen LogP contribution is 2.45. The number of rotatable bonds is 54. The van der Waals surface area contributed by atoms with Gasteiger partial charge in [-0.05, 0) is 83.5 Å². The molecule has 74 heavy (non-hydrogen) atoms. The Balaban J connectivity index is 3.85. The molecule has 0 amide bonds. The van der Waals surface area contributed by atoms with Gasteiger partial charge in [-0.15, -0.1) is 0 Å². The zero-order chi connectivity index (χ0) is 54.5. The smallest absolute Gasteiger partial charge is 0.463 e. The van der Waals surface area contributed by atoms with Gasteiger partial charge in [0.1, 0.15) is 31.5 Å². The van der Waals surface area contributed by atoms with Crippen molar-refractivity contribution in [2.24, 2.45) is 0 Å². The van der Waals surface area contributed by atoms with E-state index in [2.05, 4.69) is 95.8 Å². The summed E-state index contributed by atoms with van der Waals surface area (Å²) in [5.41, 5.74) is 0. The van der Waals surface area contributed by atoms with Crippen LogP contribution >= 0.6 is 15.6 Å². The minimum absolute atomic E-state index is 0.171. The minimum Gasteiger partial charge on any atom is -0.463 e. The normalized spacial score (nSPS) is 15.3. The predicted molar refractivity (Wildman–Crippen MR) is 297 cm³/mol. The molecule has 17 heteroatoms. The maximum Gasteiger partial charge on any atom is 0.472 e. The highest BCUT2D eigenvalue weighted by molar-refractivity contribution is 7.47. The summed E-state index contributed by atoms with van der Waals surface area (Å²) in [6.07, 6.45) is 55.9. The van der Waals surface area contributed by atoms with E-state index in [0.717, 1.165) is 83.5 Å². The molecule has 0 spiro atoms. The number of phosphoric ester groups is 2. The maximum atomic E-state index is 12.2. The summed E-state index contributed by atoms with van der Waals surface area (Å²) in [6.45, 7) is 0.306. The number of carbonyl (C=O) groups excluding carboxylic acids is 2. The van der Waals surface area contributed by atoms with Crippen molar-refractivity contribution < 1.29 is 71.4 Å². The Hall–Kier alpha value is -2.52. The van der Waals surface area contributed by atoms with Gasteiger partial charge < -0.3 is 34.6 Å². The van der Waals surface area contributed by atoms with Gasteiger partial charge in [-0.1, -0.05) is 196 Å². The summed E-state index contributed by atoms with van der Waals surface area (Å²) in [5, 5.41) is 30.1. The van der Waals surface area contributed by atoms with Crippen molar-refractivity contribution >= 4 is 27.6 Å². The van der Waals surface area contributed by atoms with Crippen LogP contribution in [0.1, 0.15) is 219 Å². The van der Waals surface area contributed by atoms with Gasteiger partial charge in [0, 0.05) is 12.8 Å². The van der Waals surface area contributed by atoms with Crippen molar-refractivity contribution in [3.8, 4) is 0 Å². The van der Waals surface area contributed by atoms with E-state index < -0.39 is 85.5 Å². The Morgan fingerprint density at radius 3 is 0.946 bits per heavy atom. The highest BCUT2D eigenvalue weighted by atomic mass is 31.2. The van der Waals surface area contributed by atoms with Gasteiger partial charge in [-0.3, -0.25) is 27.7 Å². The van der Waals surface area contributed by atoms with Crippen molar-refractivity contribution in [3.63, 3.8) is 0 Å². The Morgan fingerprint density at radius 2 is 0.622 bits per heavy atom. The summed E-state index contributed by atoms with van der Waals surface area (Å²) in [4.78, 5) is 44.0. The van der Waals surface area contributed by atoms with E-state index >= 15 is 0 Å². The first-order valence-corrected chi connectivity index (χ1v) is 31.3. The van der Waals surface area contributed by atoms with E-state index in [1.807, 2.05) is 0 Å². The Kier molecular flexibility index (Phi) is 50.7. The summed E-state index contributed by atoms with van der Waals surface area (Å²) in [7, 11) is -9.59. The molecular formula is C57H102O15P2. The van der Waals surface area contributed by atoms with Gasteiger partial charge >= 0.3 is 27.6 Å². The van der Waals surface area contributed by atoms with E-state index in [1.54, 1.807) is 0 Å². The predicted octanol–water partition coefficient (Wildman–Crippen LogP) is 14.3. The number of hydrogen-bond acceptors (Lipinski definition) is 13. The molecule has 0 aliphatic heterocycles. The van der Waals surface area contributed by atoms with Crippen molar-refractivity contribution in [1.29, 1.82) is 0 Å². The lowest BCUT2D eigenvalue weighted by Gasteiger charge is -2.19. The van der Waals surface area contributed by atoms with Crippen molar-refractivity contribution in [1.82, 2.24) is 0 Å². The molecule has 430 valence electrons. The summed E-state index contributed by atoms with van der Waals surface area (Å²) in [6, 6.07) is 0. The summed E-state index contributed by atoms with van der Waals surface area (Å²) < 4.78 is 53.2. The van der Waals surface area contributed by atoms with Gasteiger partial charge in [-0.25, -0.2) is 9.13 Å². The molecule has 5 atom stereocenters. The first kappa shape index (κ1) is 71.5. The second-order valence-corrected chi connectivity index (χ2v) is 21.8. The fourth-order valence-corrected chi connectivity index (χ4v) is 8.88. The highest BCUT2D eigenvalue weighted by Gasteiger charge is 2.28. The van der Waals surface area contributed by atoms with Gasteiger partial charge in [0.25, 0.3) is 0 Å². The van der Waals surface area contributed by atoms with Gasteiger partial charge in [0.2, 0.25) is 0 Å². The molecule has 0 heterocycles. The number of esters is 2. The van der Waals surface area contributed by atoms with Crippen LogP contribution in [0.25, 0.3) is 0 Å². The minimum atomic E-state index is -4.80. The molecule has 15 nitrogen and oxygen atoms in total. The molecule has 5 N–H and O–H groups in total. The molecule has 0 aliphatic carbocycles. The zero-order valence-corrected chi connectivity index (χ0v) is 47.5. The topological polar surface area (TPSA) is 225 Å². The third-order valence-corrected chi connectivity index (χ3v) is 13.5. The van der Waals surface area contributed by atoms with Gasteiger partial charge in [0.05, 0.1) is 26.4 Å². The van der Waals surface area contributed by atoms with E-state index in [9.17, 15) is 43.8 Å². The van der Waals surface area contributed by atoms with Crippen molar-refractivity contribution in [3.05, 3.63) is 72.9 Å². The molecule has 0 fully saturated rings. The maximum absolute atomic E-state index is 12.2. The fourth-order valence-electron chi connectivity index (χ4n) is 7.29. The number of allylic oxidation sites excluding steroid dienone is 12. The molecule has 0 aliphatic rings. The standard InChI is InChI=1S/C57H102O15P2/c1-3-5-7-9-11-13-15-17-19-21-23-25-27-29-31-33-35-37-39-41-43-45-56(61)67-47-53(58)49-69-73(63,64)71-51-55(60)52-72-74(65,66)70-50-54(59)48-68-57(62)46-44-42-40-38-36-34-32-30-28-26-24-22-20-18-16-14-12-10-8-6-4-2/h5,7,11,13,17-20,23,25,29,31,53-55,58-60H,3-4,6,8-10,12,14-16,21-22,24,26-28,30,32-52H2,1-2H3,(H,63,64)(H,65,66)/b7-5-,13-11-,19-17-,20-18+,25-23-,31-29-. The largest absolute Gasteiger partial charge is 0.472 e. The van der Waals surface area contributed by atoms with Gasteiger partial charge in [0.15, 0.2) is 0 Å². The Labute approximate surface area is 447 Å². The molecule has 0 saturated carbocycles. The quantitative estimate of drug-likeness (QED) is 0.0165. The molecule has 0 aromatic carbocycles. The van der Waals surface area contributed by atoms with Crippen molar-refractivity contribution in [2.75, 3.05) is 39.6 Å². The lowest BCUT2D eigenvalue weighted by molar-refractivity contribution is -0.148. The molecule has 0 bridgehead atoms. The van der Waals surface area contributed by atoms with Crippen LogP contribution in [0.3, 0.4) is 0 Å². The lowest BCUT2D eigenvalue weighted by atomic mass is 10.0.